The summed E-state index contributed by atoms with van der Waals surface area (Å²) >= 11 is 0. The van der Waals surface area contributed by atoms with Crippen LogP contribution in [-0.4, -0.2) is 16.9 Å². The number of amides is 1. The van der Waals surface area contributed by atoms with E-state index in [1.54, 1.807) is 6.20 Å². The van der Waals surface area contributed by atoms with Crippen molar-refractivity contribution in [1.29, 1.82) is 0 Å². The molecule has 2 aromatic rings. The fourth-order valence-corrected chi connectivity index (χ4v) is 2.29. The second kappa shape index (κ2) is 4.72. The molecule has 96 valence electrons. The van der Waals surface area contributed by atoms with Gasteiger partial charge >= 0.3 is 0 Å². The van der Waals surface area contributed by atoms with E-state index >= 15 is 0 Å². The van der Waals surface area contributed by atoms with Gasteiger partial charge in [0.15, 0.2) is 0 Å². The van der Waals surface area contributed by atoms with Gasteiger partial charge in [-0.15, -0.1) is 0 Å². The number of para-hydroxylation sites is 1. The van der Waals surface area contributed by atoms with Crippen LogP contribution in [0.1, 0.15) is 11.3 Å². The monoisotopic (exact) mass is 253 g/mol. The third-order valence-electron chi connectivity index (χ3n) is 3.35. The molecule has 0 fully saturated rings. The molecular weight excluding hydrogens is 238 g/mol. The minimum atomic E-state index is -0.211. The first-order chi connectivity index (χ1) is 9.24. The molecule has 0 saturated heterocycles. The lowest BCUT2D eigenvalue weighted by atomic mass is 10.1. The number of hydrogen-bond donors (Lipinski definition) is 2. The van der Waals surface area contributed by atoms with Crippen LogP contribution in [0.2, 0.25) is 0 Å². The van der Waals surface area contributed by atoms with Crippen LogP contribution in [0.4, 0.5) is 11.4 Å². The summed E-state index contributed by atoms with van der Waals surface area (Å²) in [5, 5.41) is 6.16. The Balaban J connectivity index is 1.72. The Morgan fingerprint density at radius 2 is 2.16 bits per heavy atom. The van der Waals surface area contributed by atoms with Crippen molar-refractivity contribution in [3.63, 3.8) is 0 Å². The number of carbonyl (C=O) groups excluding carboxylic acids is 1. The van der Waals surface area contributed by atoms with Gasteiger partial charge in [0.25, 0.3) is 0 Å². The van der Waals surface area contributed by atoms with Crippen molar-refractivity contribution in [3.05, 3.63) is 53.9 Å². The summed E-state index contributed by atoms with van der Waals surface area (Å²) in [5.41, 5.74) is 3.83. The summed E-state index contributed by atoms with van der Waals surface area (Å²) in [6.45, 7) is 1.88. The van der Waals surface area contributed by atoms with E-state index in [-0.39, 0.29) is 11.9 Å². The summed E-state index contributed by atoms with van der Waals surface area (Å²) in [7, 11) is 0. The fraction of sp³-hybridized carbons (Fsp3) is 0.200. The highest BCUT2D eigenvalue weighted by atomic mass is 16.2. The quantitative estimate of drug-likeness (QED) is 0.864. The van der Waals surface area contributed by atoms with Crippen molar-refractivity contribution in [2.45, 2.75) is 19.4 Å². The summed E-state index contributed by atoms with van der Waals surface area (Å²) in [4.78, 5) is 16.4. The van der Waals surface area contributed by atoms with Crippen molar-refractivity contribution in [3.8, 4) is 0 Å². The lowest BCUT2D eigenvalue weighted by Gasteiger charge is -2.13. The average molecular weight is 253 g/mol. The number of nitrogens with zero attached hydrogens (tertiary/aromatic N) is 1. The Morgan fingerprint density at radius 1 is 1.32 bits per heavy atom. The van der Waals surface area contributed by atoms with Crippen LogP contribution in [-0.2, 0) is 11.2 Å². The van der Waals surface area contributed by atoms with Gasteiger partial charge in [0.2, 0.25) is 5.91 Å². The molecule has 0 saturated carbocycles. The second-order valence-electron chi connectivity index (χ2n) is 4.68. The molecule has 1 unspecified atom stereocenters. The zero-order chi connectivity index (χ0) is 13.2. The van der Waals surface area contributed by atoms with Gasteiger partial charge in [-0.3, -0.25) is 9.78 Å². The maximum Gasteiger partial charge on any atom is 0.247 e. The smallest absolute Gasteiger partial charge is 0.247 e. The molecule has 19 heavy (non-hydrogen) atoms. The van der Waals surface area contributed by atoms with E-state index < -0.39 is 0 Å². The van der Waals surface area contributed by atoms with Crippen molar-refractivity contribution < 1.29 is 4.79 Å². The third-order valence-corrected chi connectivity index (χ3v) is 3.35. The second-order valence-corrected chi connectivity index (χ2v) is 4.68. The number of fused-ring (bicyclic) bond motifs is 1. The fourth-order valence-electron chi connectivity index (χ4n) is 2.29. The number of hydrogen-bond acceptors (Lipinski definition) is 3. The number of aromatic nitrogens is 1. The van der Waals surface area contributed by atoms with Crippen molar-refractivity contribution in [1.82, 2.24) is 4.98 Å². The zero-order valence-electron chi connectivity index (χ0n) is 10.7. The highest BCUT2D eigenvalue weighted by molar-refractivity contribution is 5.98. The first-order valence-electron chi connectivity index (χ1n) is 6.31. The Bertz CT molecular complexity index is 599. The first-order valence-corrected chi connectivity index (χ1v) is 6.31. The Hall–Kier alpha value is -2.36. The number of nitrogens with one attached hydrogen (secondary N) is 2. The highest BCUT2D eigenvalue weighted by Gasteiger charge is 2.26. The number of aryl methyl sites for hydroxylation is 1. The van der Waals surface area contributed by atoms with Crippen LogP contribution >= 0.6 is 0 Å². The highest BCUT2D eigenvalue weighted by Crippen LogP contribution is 2.25. The predicted octanol–water partition coefficient (Wildman–Crippen LogP) is 2.37. The number of benzene rings is 1. The lowest BCUT2D eigenvalue weighted by Crippen LogP contribution is -2.33. The van der Waals surface area contributed by atoms with Crippen molar-refractivity contribution in [2.24, 2.45) is 0 Å². The number of rotatable bonds is 2. The van der Waals surface area contributed by atoms with Gasteiger partial charge < -0.3 is 10.6 Å². The molecule has 1 aromatic heterocycles. The molecule has 0 radical (unpaired) electrons. The minimum Gasteiger partial charge on any atom is -0.373 e. The topological polar surface area (TPSA) is 54.0 Å². The molecule has 0 spiro atoms. The van der Waals surface area contributed by atoms with Crippen LogP contribution in [0.15, 0.2) is 42.6 Å². The van der Waals surface area contributed by atoms with E-state index in [0.717, 1.165) is 23.5 Å². The standard InChI is InChI=1S/C15H15N3O/c1-10-12(7-4-8-16-10)18-15(19)14-9-11-5-2-3-6-13(11)17-14/h2-8,14,17H,9H2,1H3,(H,18,19). The molecule has 2 N–H and O–H groups in total. The maximum atomic E-state index is 12.2. The van der Waals surface area contributed by atoms with E-state index in [2.05, 4.69) is 15.6 Å². The van der Waals surface area contributed by atoms with Gasteiger partial charge in [0.05, 0.1) is 11.4 Å². The number of anilines is 2. The van der Waals surface area contributed by atoms with Crippen molar-refractivity contribution >= 4 is 17.3 Å². The Morgan fingerprint density at radius 3 is 2.95 bits per heavy atom. The maximum absolute atomic E-state index is 12.2. The molecule has 1 atom stereocenters. The van der Waals surface area contributed by atoms with Crippen LogP contribution < -0.4 is 10.6 Å². The molecule has 1 aliphatic rings. The number of carbonyl (C=O) groups is 1. The van der Waals surface area contributed by atoms with Gasteiger partial charge in [-0.2, -0.15) is 0 Å². The predicted molar refractivity (Wildman–Crippen MR) is 75.2 cm³/mol. The Labute approximate surface area is 111 Å². The van der Waals surface area contributed by atoms with Gasteiger partial charge in [0, 0.05) is 18.3 Å². The molecule has 0 bridgehead atoms. The molecule has 2 heterocycles. The van der Waals surface area contributed by atoms with E-state index in [9.17, 15) is 4.79 Å². The summed E-state index contributed by atoms with van der Waals surface area (Å²) in [6, 6.07) is 11.5. The zero-order valence-corrected chi connectivity index (χ0v) is 10.7. The largest absolute Gasteiger partial charge is 0.373 e. The van der Waals surface area contributed by atoms with Crippen LogP contribution in [0.5, 0.6) is 0 Å². The summed E-state index contributed by atoms with van der Waals surface area (Å²) in [6.07, 6.45) is 2.44. The van der Waals surface area contributed by atoms with Gasteiger partial charge in [-0.1, -0.05) is 18.2 Å². The minimum absolute atomic E-state index is 0.0210. The molecule has 1 amide bonds. The van der Waals surface area contributed by atoms with E-state index in [1.165, 1.54) is 5.56 Å². The molecule has 0 aliphatic carbocycles. The molecule has 4 heteroatoms. The molecular formula is C15H15N3O. The van der Waals surface area contributed by atoms with Crippen molar-refractivity contribution in [2.75, 3.05) is 10.6 Å². The molecule has 3 rings (SSSR count). The summed E-state index contributed by atoms with van der Waals surface area (Å²) in [5.74, 6) is -0.0210. The molecule has 1 aromatic carbocycles. The van der Waals surface area contributed by atoms with Crippen LogP contribution in [0, 0.1) is 6.92 Å². The normalized spacial score (nSPS) is 16.6. The molecule has 1 aliphatic heterocycles. The third kappa shape index (κ3) is 2.29. The van der Waals surface area contributed by atoms with Crippen LogP contribution in [0.25, 0.3) is 0 Å². The van der Waals surface area contributed by atoms with E-state index in [1.807, 2.05) is 43.3 Å². The first kappa shape index (κ1) is 11.7. The number of pyridine rings is 1. The summed E-state index contributed by atoms with van der Waals surface area (Å²) < 4.78 is 0. The van der Waals surface area contributed by atoms with Gasteiger partial charge in [-0.05, 0) is 30.7 Å². The van der Waals surface area contributed by atoms with Gasteiger partial charge in [-0.25, -0.2) is 0 Å². The lowest BCUT2D eigenvalue weighted by molar-refractivity contribution is -0.116. The van der Waals surface area contributed by atoms with Crippen LogP contribution in [0.3, 0.4) is 0 Å². The molecule has 4 nitrogen and oxygen atoms in total. The van der Waals surface area contributed by atoms with E-state index in [0.29, 0.717) is 0 Å². The van der Waals surface area contributed by atoms with E-state index in [4.69, 9.17) is 0 Å². The SMILES string of the molecule is Cc1ncccc1NC(=O)C1Cc2ccccc2N1. The Kier molecular flexibility index (Phi) is 2.91. The van der Waals surface area contributed by atoms with Gasteiger partial charge in [0.1, 0.15) is 6.04 Å². The average Bonchev–Trinajstić information content (AvgIpc) is 2.85.